The van der Waals surface area contributed by atoms with E-state index in [-0.39, 0.29) is 12.1 Å². The van der Waals surface area contributed by atoms with Crippen molar-refractivity contribution in [1.29, 1.82) is 0 Å². The van der Waals surface area contributed by atoms with Crippen LogP contribution in [0.25, 0.3) is 0 Å². The van der Waals surface area contributed by atoms with E-state index in [1.807, 2.05) is 13.8 Å². The van der Waals surface area contributed by atoms with Gasteiger partial charge in [-0.1, -0.05) is 0 Å². The molecule has 0 heterocycles. The maximum atomic E-state index is 11.7. The van der Waals surface area contributed by atoms with E-state index < -0.39 is 0 Å². The zero-order valence-electron chi connectivity index (χ0n) is 9.95. The van der Waals surface area contributed by atoms with E-state index in [0.29, 0.717) is 26.2 Å². The number of rotatable bonds is 7. The van der Waals surface area contributed by atoms with Crippen LogP contribution in [0.5, 0.6) is 0 Å². The Balaban J connectivity index is 4.01. The molecule has 0 aromatic heterocycles. The number of nitrogens with zero attached hydrogens (tertiary/aromatic N) is 1. The zero-order chi connectivity index (χ0) is 11.7. The third-order valence-electron chi connectivity index (χ3n) is 1.90. The molecule has 0 radical (unpaired) electrons. The molecular weight excluding hydrogens is 194 g/mol. The second-order valence-electron chi connectivity index (χ2n) is 3.73. The van der Waals surface area contributed by atoms with Crippen LogP contribution < -0.4 is 11.1 Å². The number of methoxy groups -OCH3 is 1. The molecule has 0 aliphatic carbocycles. The minimum Gasteiger partial charge on any atom is -0.383 e. The lowest BCUT2D eigenvalue weighted by Gasteiger charge is -2.23. The highest BCUT2D eigenvalue weighted by Gasteiger charge is 2.12. The average molecular weight is 217 g/mol. The first-order chi connectivity index (χ1) is 7.11. The van der Waals surface area contributed by atoms with E-state index in [9.17, 15) is 4.79 Å². The quantitative estimate of drug-likeness (QED) is 0.648. The van der Waals surface area contributed by atoms with Crippen molar-refractivity contribution < 1.29 is 9.53 Å². The van der Waals surface area contributed by atoms with Gasteiger partial charge >= 0.3 is 6.03 Å². The highest BCUT2D eigenvalue weighted by Crippen LogP contribution is 1.94. The average Bonchev–Trinajstić information content (AvgIpc) is 2.17. The Morgan fingerprint density at radius 1 is 1.47 bits per heavy atom. The molecule has 0 aliphatic rings. The van der Waals surface area contributed by atoms with Crippen LogP contribution in [0.15, 0.2) is 0 Å². The molecule has 0 unspecified atom stereocenters. The number of carbonyl (C=O) groups excluding carboxylic acids is 1. The Labute approximate surface area is 91.9 Å². The number of hydrogen-bond donors (Lipinski definition) is 2. The topological polar surface area (TPSA) is 67.6 Å². The molecule has 3 N–H and O–H groups in total. The van der Waals surface area contributed by atoms with Crippen LogP contribution in [0.4, 0.5) is 4.79 Å². The summed E-state index contributed by atoms with van der Waals surface area (Å²) in [6.45, 7) is 6.31. The van der Waals surface area contributed by atoms with Gasteiger partial charge in [-0.15, -0.1) is 0 Å². The summed E-state index contributed by atoms with van der Waals surface area (Å²) in [5.41, 5.74) is 5.42. The first kappa shape index (κ1) is 14.2. The maximum Gasteiger partial charge on any atom is 0.317 e. The van der Waals surface area contributed by atoms with Gasteiger partial charge in [0.1, 0.15) is 0 Å². The van der Waals surface area contributed by atoms with Crippen molar-refractivity contribution in [1.82, 2.24) is 10.2 Å². The van der Waals surface area contributed by atoms with Gasteiger partial charge in [-0.25, -0.2) is 4.79 Å². The Bertz CT molecular complexity index is 166. The standard InChI is InChI=1S/C10H23N3O2/c1-9(2)12-10(14)13(6-4-5-11)7-8-15-3/h9H,4-8,11H2,1-3H3,(H,12,14). The smallest absolute Gasteiger partial charge is 0.317 e. The number of urea groups is 1. The summed E-state index contributed by atoms with van der Waals surface area (Å²) in [6, 6.07) is 0.107. The third-order valence-corrected chi connectivity index (χ3v) is 1.90. The van der Waals surface area contributed by atoms with Gasteiger partial charge in [-0.3, -0.25) is 0 Å². The lowest BCUT2D eigenvalue weighted by molar-refractivity contribution is 0.148. The molecule has 0 fully saturated rings. The van der Waals surface area contributed by atoms with E-state index in [1.54, 1.807) is 12.0 Å². The summed E-state index contributed by atoms with van der Waals surface area (Å²) >= 11 is 0. The number of amides is 2. The number of nitrogens with one attached hydrogen (secondary N) is 1. The monoisotopic (exact) mass is 217 g/mol. The van der Waals surface area contributed by atoms with Crippen LogP contribution in [0.2, 0.25) is 0 Å². The second kappa shape index (κ2) is 8.49. The number of carbonyl (C=O) groups is 1. The molecule has 2 amide bonds. The van der Waals surface area contributed by atoms with Crippen molar-refractivity contribution in [2.45, 2.75) is 26.3 Å². The summed E-state index contributed by atoms with van der Waals surface area (Å²) in [6.07, 6.45) is 0.815. The summed E-state index contributed by atoms with van der Waals surface area (Å²) in [4.78, 5) is 13.4. The molecule has 5 nitrogen and oxygen atoms in total. The van der Waals surface area contributed by atoms with E-state index in [2.05, 4.69) is 5.32 Å². The first-order valence-electron chi connectivity index (χ1n) is 5.36. The molecule has 15 heavy (non-hydrogen) atoms. The fourth-order valence-corrected chi connectivity index (χ4v) is 1.14. The minimum absolute atomic E-state index is 0.0458. The Morgan fingerprint density at radius 2 is 2.13 bits per heavy atom. The van der Waals surface area contributed by atoms with Crippen molar-refractivity contribution in [2.75, 3.05) is 33.4 Å². The number of ether oxygens (including phenoxy) is 1. The van der Waals surface area contributed by atoms with Crippen LogP contribution >= 0.6 is 0 Å². The van der Waals surface area contributed by atoms with E-state index in [4.69, 9.17) is 10.5 Å². The van der Waals surface area contributed by atoms with Crippen molar-refractivity contribution in [2.24, 2.45) is 5.73 Å². The van der Waals surface area contributed by atoms with Gasteiger partial charge in [0, 0.05) is 26.2 Å². The highest BCUT2D eigenvalue weighted by molar-refractivity contribution is 5.74. The summed E-state index contributed by atoms with van der Waals surface area (Å²) in [5.74, 6) is 0. The van der Waals surface area contributed by atoms with E-state index >= 15 is 0 Å². The lowest BCUT2D eigenvalue weighted by Crippen LogP contribution is -2.45. The normalized spacial score (nSPS) is 10.5. The Morgan fingerprint density at radius 3 is 2.60 bits per heavy atom. The fraction of sp³-hybridized carbons (Fsp3) is 0.900. The van der Waals surface area contributed by atoms with Gasteiger partial charge in [0.15, 0.2) is 0 Å². The maximum absolute atomic E-state index is 11.7. The van der Waals surface area contributed by atoms with Gasteiger partial charge in [-0.05, 0) is 26.8 Å². The molecule has 0 rings (SSSR count). The molecule has 0 saturated carbocycles. The second-order valence-corrected chi connectivity index (χ2v) is 3.73. The summed E-state index contributed by atoms with van der Waals surface area (Å²) < 4.78 is 4.95. The summed E-state index contributed by atoms with van der Waals surface area (Å²) in [7, 11) is 1.63. The first-order valence-corrected chi connectivity index (χ1v) is 5.36. The van der Waals surface area contributed by atoms with E-state index in [0.717, 1.165) is 6.42 Å². The predicted molar refractivity (Wildman–Crippen MR) is 60.8 cm³/mol. The molecule has 0 aliphatic heterocycles. The molecule has 0 atom stereocenters. The molecule has 0 aromatic carbocycles. The van der Waals surface area contributed by atoms with Gasteiger partial charge in [0.05, 0.1) is 6.61 Å². The molecular formula is C10H23N3O2. The van der Waals surface area contributed by atoms with Crippen molar-refractivity contribution in [3.8, 4) is 0 Å². The van der Waals surface area contributed by atoms with Gasteiger partial charge in [0.2, 0.25) is 0 Å². The molecule has 0 aromatic rings. The molecule has 5 heteroatoms. The third kappa shape index (κ3) is 7.16. The number of hydrogen-bond acceptors (Lipinski definition) is 3. The zero-order valence-corrected chi connectivity index (χ0v) is 9.95. The van der Waals surface area contributed by atoms with Gasteiger partial charge < -0.3 is 20.7 Å². The number of nitrogens with two attached hydrogens (primary N) is 1. The van der Waals surface area contributed by atoms with Crippen LogP contribution in [-0.4, -0.2) is 50.3 Å². The molecule has 0 saturated heterocycles. The van der Waals surface area contributed by atoms with Crippen LogP contribution in [0.1, 0.15) is 20.3 Å². The Kier molecular flexibility index (Phi) is 8.04. The van der Waals surface area contributed by atoms with Crippen LogP contribution in [0.3, 0.4) is 0 Å². The van der Waals surface area contributed by atoms with Crippen LogP contribution in [0, 0.1) is 0 Å². The summed E-state index contributed by atoms with van der Waals surface area (Å²) in [5, 5.41) is 2.85. The molecule has 0 spiro atoms. The highest BCUT2D eigenvalue weighted by atomic mass is 16.5. The van der Waals surface area contributed by atoms with E-state index in [1.165, 1.54) is 0 Å². The SMILES string of the molecule is COCCN(CCCN)C(=O)NC(C)C. The minimum atomic E-state index is -0.0458. The Hall–Kier alpha value is -0.810. The molecule has 90 valence electrons. The lowest BCUT2D eigenvalue weighted by atomic mass is 10.3. The van der Waals surface area contributed by atoms with Crippen molar-refractivity contribution >= 4 is 6.03 Å². The van der Waals surface area contributed by atoms with Crippen molar-refractivity contribution in [3.63, 3.8) is 0 Å². The largest absolute Gasteiger partial charge is 0.383 e. The predicted octanol–water partition coefficient (Wildman–Crippen LogP) is 0.402. The fourth-order valence-electron chi connectivity index (χ4n) is 1.14. The van der Waals surface area contributed by atoms with Gasteiger partial charge in [0.25, 0.3) is 0 Å². The van der Waals surface area contributed by atoms with Crippen molar-refractivity contribution in [3.05, 3.63) is 0 Å². The molecule has 0 bridgehead atoms. The van der Waals surface area contributed by atoms with Crippen LogP contribution in [-0.2, 0) is 4.74 Å². The van der Waals surface area contributed by atoms with Gasteiger partial charge in [-0.2, -0.15) is 0 Å².